The summed E-state index contributed by atoms with van der Waals surface area (Å²) in [5.74, 6) is 0. The molecule has 1 aromatic rings. The molecule has 96 valence electrons. The van der Waals surface area contributed by atoms with Crippen LogP contribution >= 0.6 is 0 Å². The van der Waals surface area contributed by atoms with Gasteiger partial charge in [0.05, 0.1) is 5.56 Å². The second-order valence-corrected chi connectivity index (χ2v) is 4.13. The Kier molecular flexibility index (Phi) is 4.14. The van der Waals surface area contributed by atoms with Crippen molar-refractivity contribution in [2.75, 3.05) is 13.6 Å². The van der Waals surface area contributed by atoms with Crippen LogP contribution in [-0.2, 0) is 11.8 Å². The Hall–Kier alpha value is -1.10. The summed E-state index contributed by atoms with van der Waals surface area (Å²) in [7, 11) is 1.70. The first kappa shape index (κ1) is 14.0. The zero-order chi connectivity index (χ0) is 13.1. The number of hydrogen-bond donors (Lipinski definition) is 1. The third-order valence-electron chi connectivity index (χ3n) is 2.66. The van der Waals surface area contributed by atoms with Gasteiger partial charge >= 0.3 is 6.18 Å². The van der Waals surface area contributed by atoms with Crippen LogP contribution < -0.4 is 5.32 Å². The van der Waals surface area contributed by atoms with Gasteiger partial charge in [-0.05, 0) is 44.6 Å². The lowest BCUT2D eigenvalue weighted by Crippen LogP contribution is -2.22. The molecule has 0 aromatic heterocycles. The molecule has 0 heterocycles. The van der Waals surface area contributed by atoms with Crippen molar-refractivity contribution >= 4 is 0 Å². The number of rotatable bonds is 4. The van der Waals surface area contributed by atoms with E-state index in [1.807, 2.05) is 0 Å². The molecule has 1 rings (SSSR count). The van der Waals surface area contributed by atoms with Crippen LogP contribution in [0.3, 0.4) is 0 Å². The Balaban J connectivity index is 2.87. The second kappa shape index (κ2) is 5.04. The van der Waals surface area contributed by atoms with Crippen LogP contribution in [0.1, 0.15) is 24.5 Å². The molecule has 0 fully saturated rings. The van der Waals surface area contributed by atoms with Crippen LogP contribution in [-0.4, -0.2) is 13.6 Å². The van der Waals surface area contributed by atoms with Crippen molar-refractivity contribution in [3.8, 4) is 0 Å². The third kappa shape index (κ3) is 3.70. The molecule has 0 bridgehead atoms. The molecule has 1 N–H and O–H groups in total. The standard InChI is InChI=1S/C12H15F4N/c1-11(13,7-8-17-2)9-3-5-10(6-4-9)12(14,15)16/h3-6,17H,7-8H2,1-2H3. The lowest BCUT2D eigenvalue weighted by molar-refractivity contribution is -0.137. The van der Waals surface area contributed by atoms with Gasteiger partial charge in [-0.2, -0.15) is 13.2 Å². The van der Waals surface area contributed by atoms with Crippen LogP contribution in [0.25, 0.3) is 0 Å². The molecule has 0 aliphatic carbocycles. The summed E-state index contributed by atoms with van der Waals surface area (Å²) in [6, 6.07) is 4.20. The van der Waals surface area contributed by atoms with Gasteiger partial charge in [0.2, 0.25) is 0 Å². The molecular weight excluding hydrogens is 234 g/mol. The highest BCUT2D eigenvalue weighted by atomic mass is 19.4. The zero-order valence-electron chi connectivity index (χ0n) is 9.74. The van der Waals surface area contributed by atoms with Crippen LogP contribution in [0.5, 0.6) is 0 Å². The van der Waals surface area contributed by atoms with Crippen LogP contribution in [0.15, 0.2) is 24.3 Å². The van der Waals surface area contributed by atoms with E-state index < -0.39 is 17.4 Å². The predicted octanol–water partition coefficient (Wildman–Crippen LogP) is 3.50. The fourth-order valence-electron chi connectivity index (χ4n) is 1.51. The number of hydrogen-bond acceptors (Lipinski definition) is 1. The normalized spacial score (nSPS) is 15.6. The number of halogens is 4. The highest BCUT2D eigenvalue weighted by molar-refractivity contribution is 5.28. The summed E-state index contributed by atoms with van der Waals surface area (Å²) in [6.45, 7) is 1.83. The Morgan fingerprint density at radius 2 is 1.47 bits per heavy atom. The molecule has 0 aliphatic rings. The summed E-state index contributed by atoms with van der Waals surface area (Å²) < 4.78 is 51.1. The molecular formula is C12H15F4N. The minimum absolute atomic E-state index is 0.217. The first-order chi connectivity index (χ1) is 7.77. The summed E-state index contributed by atoms with van der Waals surface area (Å²) in [5, 5.41) is 2.81. The molecule has 0 aliphatic heterocycles. The largest absolute Gasteiger partial charge is 0.416 e. The van der Waals surface area contributed by atoms with Gasteiger partial charge in [0.1, 0.15) is 5.67 Å². The lowest BCUT2D eigenvalue weighted by atomic mass is 9.93. The van der Waals surface area contributed by atoms with Crippen molar-refractivity contribution in [1.82, 2.24) is 5.32 Å². The topological polar surface area (TPSA) is 12.0 Å². The predicted molar refractivity (Wildman–Crippen MR) is 58.4 cm³/mol. The highest BCUT2D eigenvalue weighted by Gasteiger charge is 2.31. The minimum Gasteiger partial charge on any atom is -0.320 e. The Bertz CT molecular complexity index is 354. The Morgan fingerprint density at radius 3 is 1.88 bits per heavy atom. The highest BCUT2D eigenvalue weighted by Crippen LogP contribution is 2.33. The van der Waals surface area contributed by atoms with E-state index in [-0.39, 0.29) is 12.0 Å². The minimum atomic E-state index is -4.38. The van der Waals surface area contributed by atoms with E-state index in [0.717, 1.165) is 12.1 Å². The lowest BCUT2D eigenvalue weighted by Gasteiger charge is -2.21. The van der Waals surface area contributed by atoms with Crippen molar-refractivity contribution in [1.29, 1.82) is 0 Å². The molecule has 1 nitrogen and oxygen atoms in total. The van der Waals surface area contributed by atoms with Gasteiger partial charge in [0.25, 0.3) is 0 Å². The SMILES string of the molecule is CNCCC(C)(F)c1ccc(C(F)(F)F)cc1. The molecule has 17 heavy (non-hydrogen) atoms. The van der Waals surface area contributed by atoms with Gasteiger partial charge in [0, 0.05) is 0 Å². The van der Waals surface area contributed by atoms with E-state index in [4.69, 9.17) is 0 Å². The molecule has 1 aromatic carbocycles. The first-order valence-electron chi connectivity index (χ1n) is 5.28. The fraction of sp³-hybridized carbons (Fsp3) is 0.500. The molecule has 1 atom stereocenters. The monoisotopic (exact) mass is 249 g/mol. The van der Waals surface area contributed by atoms with Gasteiger partial charge in [-0.3, -0.25) is 0 Å². The number of nitrogens with one attached hydrogen (secondary N) is 1. The maximum atomic E-state index is 14.1. The smallest absolute Gasteiger partial charge is 0.320 e. The summed E-state index contributed by atoms with van der Waals surface area (Å²) in [4.78, 5) is 0. The molecule has 0 radical (unpaired) electrons. The first-order valence-corrected chi connectivity index (χ1v) is 5.28. The zero-order valence-corrected chi connectivity index (χ0v) is 9.74. The Labute approximate surface area is 97.8 Å². The quantitative estimate of drug-likeness (QED) is 0.805. The van der Waals surface area contributed by atoms with Crippen molar-refractivity contribution in [2.45, 2.75) is 25.2 Å². The van der Waals surface area contributed by atoms with Crippen LogP contribution in [0, 0.1) is 0 Å². The molecule has 0 saturated carbocycles. The van der Waals surface area contributed by atoms with Crippen LogP contribution in [0.2, 0.25) is 0 Å². The molecule has 1 unspecified atom stereocenters. The molecule has 0 amide bonds. The van der Waals surface area contributed by atoms with Gasteiger partial charge in [-0.1, -0.05) is 12.1 Å². The van der Waals surface area contributed by atoms with Crippen molar-refractivity contribution < 1.29 is 17.6 Å². The molecule has 0 saturated heterocycles. The average molecular weight is 249 g/mol. The van der Waals surface area contributed by atoms with E-state index in [1.165, 1.54) is 19.1 Å². The van der Waals surface area contributed by atoms with E-state index >= 15 is 0 Å². The van der Waals surface area contributed by atoms with Gasteiger partial charge in [0.15, 0.2) is 0 Å². The van der Waals surface area contributed by atoms with Crippen molar-refractivity contribution in [3.63, 3.8) is 0 Å². The molecule has 0 spiro atoms. The number of benzene rings is 1. The average Bonchev–Trinajstić information content (AvgIpc) is 2.25. The molecule has 5 heteroatoms. The Morgan fingerprint density at radius 1 is 1.00 bits per heavy atom. The van der Waals surface area contributed by atoms with Gasteiger partial charge in [-0.15, -0.1) is 0 Å². The number of alkyl halides is 4. The summed E-state index contributed by atoms with van der Waals surface area (Å²) in [5.41, 5.74) is -2.11. The maximum Gasteiger partial charge on any atom is 0.416 e. The summed E-state index contributed by atoms with van der Waals surface area (Å²) in [6.07, 6.45) is -4.16. The van der Waals surface area contributed by atoms with Gasteiger partial charge < -0.3 is 5.32 Å². The van der Waals surface area contributed by atoms with Crippen molar-refractivity contribution in [2.24, 2.45) is 0 Å². The van der Waals surface area contributed by atoms with E-state index in [1.54, 1.807) is 7.05 Å². The van der Waals surface area contributed by atoms with Gasteiger partial charge in [-0.25, -0.2) is 4.39 Å². The van der Waals surface area contributed by atoms with E-state index in [9.17, 15) is 17.6 Å². The van der Waals surface area contributed by atoms with E-state index in [2.05, 4.69) is 5.32 Å². The second-order valence-electron chi connectivity index (χ2n) is 4.13. The van der Waals surface area contributed by atoms with Crippen molar-refractivity contribution in [3.05, 3.63) is 35.4 Å². The maximum absolute atomic E-state index is 14.1. The van der Waals surface area contributed by atoms with E-state index in [0.29, 0.717) is 6.54 Å². The fourth-order valence-corrected chi connectivity index (χ4v) is 1.51. The summed E-state index contributed by atoms with van der Waals surface area (Å²) >= 11 is 0. The third-order valence-corrected chi connectivity index (χ3v) is 2.66. The van der Waals surface area contributed by atoms with Crippen LogP contribution in [0.4, 0.5) is 17.6 Å².